The number of aromatic nitrogens is 5. The van der Waals surface area contributed by atoms with Gasteiger partial charge in [0.25, 0.3) is 5.91 Å². The van der Waals surface area contributed by atoms with Gasteiger partial charge in [-0.05, 0) is 19.9 Å². The van der Waals surface area contributed by atoms with E-state index in [1.165, 1.54) is 12.0 Å². The van der Waals surface area contributed by atoms with Crippen LogP contribution in [0.1, 0.15) is 28.2 Å². The van der Waals surface area contributed by atoms with E-state index in [2.05, 4.69) is 24.9 Å². The Morgan fingerprint density at radius 3 is 2.67 bits per heavy atom. The Bertz CT molecular complexity index is 1160. The lowest BCUT2D eigenvalue weighted by Gasteiger charge is -2.19. The molecule has 10 heteroatoms. The van der Waals surface area contributed by atoms with Gasteiger partial charge in [-0.1, -0.05) is 0 Å². The van der Waals surface area contributed by atoms with Crippen molar-refractivity contribution in [3.8, 4) is 11.6 Å². The number of rotatable bonds is 5. The fourth-order valence-electron chi connectivity index (χ4n) is 3.53. The van der Waals surface area contributed by atoms with E-state index in [1.807, 2.05) is 13.8 Å². The highest BCUT2D eigenvalue weighted by Gasteiger charge is 2.38. The van der Waals surface area contributed by atoms with Crippen LogP contribution in [-0.2, 0) is 11.3 Å². The molecule has 3 N–H and O–H groups in total. The van der Waals surface area contributed by atoms with Gasteiger partial charge in [-0.3, -0.25) is 14.7 Å². The molecule has 0 radical (unpaired) electrons. The van der Waals surface area contributed by atoms with Crippen LogP contribution >= 0.6 is 0 Å². The monoisotopic (exact) mass is 407 g/mol. The Morgan fingerprint density at radius 2 is 2.00 bits per heavy atom. The fraction of sp³-hybridized carbons (Fsp3) is 0.250. The maximum absolute atomic E-state index is 13.4. The third-order valence-electron chi connectivity index (χ3n) is 4.93. The smallest absolute Gasteiger partial charge is 0.260 e. The molecule has 3 aromatic rings. The van der Waals surface area contributed by atoms with Crippen LogP contribution < -0.4 is 20.1 Å². The Labute approximate surface area is 172 Å². The molecule has 3 aromatic heterocycles. The molecule has 1 amide bonds. The Hall–Kier alpha value is -3.95. The quantitative estimate of drug-likeness (QED) is 0.613. The number of nitrogens with zero attached hydrogens (tertiary/aromatic N) is 5. The van der Waals surface area contributed by atoms with Crippen LogP contribution in [0.25, 0.3) is 11.6 Å². The van der Waals surface area contributed by atoms with Gasteiger partial charge in [-0.25, -0.2) is 4.98 Å². The first-order chi connectivity index (χ1) is 14.4. The molecule has 4 rings (SSSR count). The summed E-state index contributed by atoms with van der Waals surface area (Å²) in [5.74, 6) is 1.57. The number of carbonyl (C=O) groups excluding carboxylic acids is 1. The molecule has 0 aliphatic carbocycles. The molecule has 0 fully saturated rings. The maximum atomic E-state index is 13.4. The van der Waals surface area contributed by atoms with Gasteiger partial charge in [0, 0.05) is 29.7 Å². The lowest BCUT2D eigenvalue weighted by molar-refractivity contribution is -0.113. The normalized spacial score (nSPS) is 14.3. The summed E-state index contributed by atoms with van der Waals surface area (Å²) in [4.78, 5) is 35.0. The van der Waals surface area contributed by atoms with Crippen molar-refractivity contribution < 1.29 is 14.3 Å². The molecular weight excluding hydrogens is 386 g/mol. The van der Waals surface area contributed by atoms with E-state index in [9.17, 15) is 4.79 Å². The fourth-order valence-corrected chi connectivity index (χ4v) is 3.53. The maximum Gasteiger partial charge on any atom is 0.260 e. The molecular formula is C20H21N7O3. The molecule has 154 valence electrons. The highest BCUT2D eigenvalue weighted by atomic mass is 16.5. The zero-order valence-electron chi connectivity index (χ0n) is 17.1. The summed E-state index contributed by atoms with van der Waals surface area (Å²) in [6, 6.07) is 0. The molecule has 10 nitrogen and oxygen atoms in total. The SMILES string of the molecule is COc1nc(N)nc2c1C(=Cc1ncc[nH]1)C(=O)N2Cc1ncc(C)c(OC)c1C. The van der Waals surface area contributed by atoms with Crippen molar-refractivity contribution in [3.05, 3.63) is 46.8 Å². The first-order valence-electron chi connectivity index (χ1n) is 9.18. The summed E-state index contributed by atoms with van der Waals surface area (Å²) in [7, 11) is 3.08. The number of nitrogens with one attached hydrogen (secondary N) is 1. The summed E-state index contributed by atoms with van der Waals surface area (Å²) in [6.45, 7) is 4.01. The molecule has 30 heavy (non-hydrogen) atoms. The van der Waals surface area contributed by atoms with Gasteiger partial charge in [-0.15, -0.1) is 0 Å². The number of pyridine rings is 1. The van der Waals surface area contributed by atoms with Gasteiger partial charge in [0.2, 0.25) is 11.8 Å². The minimum absolute atomic E-state index is 0.00816. The number of imidazole rings is 1. The van der Waals surface area contributed by atoms with E-state index < -0.39 is 0 Å². The highest BCUT2D eigenvalue weighted by molar-refractivity contribution is 6.35. The summed E-state index contributed by atoms with van der Waals surface area (Å²) >= 11 is 0. The van der Waals surface area contributed by atoms with Gasteiger partial charge in [0.1, 0.15) is 11.6 Å². The van der Waals surface area contributed by atoms with Gasteiger partial charge in [-0.2, -0.15) is 9.97 Å². The highest BCUT2D eigenvalue weighted by Crippen LogP contribution is 2.42. The minimum Gasteiger partial charge on any atom is -0.496 e. The summed E-state index contributed by atoms with van der Waals surface area (Å²) < 4.78 is 10.9. The molecule has 0 spiro atoms. The number of aromatic amines is 1. The van der Waals surface area contributed by atoms with Crippen molar-refractivity contribution in [2.24, 2.45) is 0 Å². The van der Waals surface area contributed by atoms with Crippen LogP contribution in [0.5, 0.6) is 11.6 Å². The number of nitrogen functional groups attached to an aromatic ring is 1. The van der Waals surface area contributed by atoms with Gasteiger partial charge in [0.15, 0.2) is 5.82 Å². The number of anilines is 2. The van der Waals surface area contributed by atoms with E-state index in [1.54, 1.807) is 31.8 Å². The van der Waals surface area contributed by atoms with E-state index >= 15 is 0 Å². The summed E-state index contributed by atoms with van der Waals surface area (Å²) in [6.07, 6.45) is 6.64. The predicted molar refractivity (Wildman–Crippen MR) is 111 cm³/mol. The topological polar surface area (TPSA) is 132 Å². The van der Waals surface area contributed by atoms with Crippen LogP contribution in [0, 0.1) is 13.8 Å². The second-order valence-corrected chi connectivity index (χ2v) is 6.76. The number of nitrogens with two attached hydrogens (primary N) is 1. The molecule has 1 aliphatic rings. The van der Waals surface area contributed by atoms with Gasteiger partial charge >= 0.3 is 0 Å². The van der Waals surface area contributed by atoms with Crippen LogP contribution in [0.3, 0.4) is 0 Å². The minimum atomic E-state index is -0.277. The van der Waals surface area contributed by atoms with E-state index in [0.29, 0.717) is 28.5 Å². The number of hydrogen-bond donors (Lipinski definition) is 2. The zero-order chi connectivity index (χ0) is 21.4. The second-order valence-electron chi connectivity index (χ2n) is 6.76. The molecule has 1 aliphatic heterocycles. The number of hydrogen-bond acceptors (Lipinski definition) is 8. The molecule has 0 unspecified atom stereocenters. The summed E-state index contributed by atoms with van der Waals surface area (Å²) in [5, 5.41) is 0. The van der Waals surface area contributed by atoms with Crippen molar-refractivity contribution >= 4 is 29.3 Å². The summed E-state index contributed by atoms with van der Waals surface area (Å²) in [5.41, 5.74) is 9.14. The standard InChI is InChI=1S/C20H21N7O3/c1-10-8-24-13(11(2)16(10)29-3)9-27-17-15(18(30-4)26-20(21)25-17)12(19(27)28)7-14-22-5-6-23-14/h5-8H,9H2,1-4H3,(H,22,23)(H2,21,25,26). The first-order valence-corrected chi connectivity index (χ1v) is 9.18. The molecule has 0 aromatic carbocycles. The average molecular weight is 407 g/mol. The average Bonchev–Trinajstić information content (AvgIpc) is 3.32. The van der Waals surface area contributed by atoms with Crippen molar-refractivity contribution in [2.75, 3.05) is 24.9 Å². The van der Waals surface area contributed by atoms with E-state index in [-0.39, 0.29) is 24.3 Å². The number of methoxy groups -OCH3 is 2. The van der Waals surface area contributed by atoms with Gasteiger partial charge < -0.3 is 20.2 Å². The number of amides is 1. The van der Waals surface area contributed by atoms with Crippen LogP contribution in [0.2, 0.25) is 0 Å². The van der Waals surface area contributed by atoms with Crippen LogP contribution in [0.15, 0.2) is 18.6 Å². The lowest BCUT2D eigenvalue weighted by Crippen LogP contribution is -2.27. The largest absolute Gasteiger partial charge is 0.496 e. The molecule has 0 atom stereocenters. The van der Waals surface area contributed by atoms with Gasteiger partial charge in [0.05, 0.1) is 37.6 Å². The Morgan fingerprint density at radius 1 is 1.20 bits per heavy atom. The predicted octanol–water partition coefficient (Wildman–Crippen LogP) is 1.90. The molecule has 0 saturated heterocycles. The number of aryl methyl sites for hydroxylation is 1. The number of fused-ring (bicyclic) bond motifs is 1. The molecule has 0 saturated carbocycles. The number of carbonyl (C=O) groups is 1. The second kappa shape index (κ2) is 7.47. The van der Waals surface area contributed by atoms with E-state index in [4.69, 9.17) is 15.2 Å². The number of H-pyrrole nitrogens is 1. The molecule has 4 heterocycles. The van der Waals surface area contributed by atoms with Crippen molar-refractivity contribution in [3.63, 3.8) is 0 Å². The Kier molecular flexibility index (Phi) is 4.82. The Balaban J connectivity index is 1.85. The van der Waals surface area contributed by atoms with Crippen LogP contribution in [0.4, 0.5) is 11.8 Å². The number of ether oxygens (including phenoxy) is 2. The van der Waals surface area contributed by atoms with E-state index in [0.717, 1.165) is 16.9 Å². The van der Waals surface area contributed by atoms with Crippen molar-refractivity contribution in [1.82, 2.24) is 24.9 Å². The third kappa shape index (κ3) is 3.11. The zero-order valence-corrected chi connectivity index (χ0v) is 17.1. The lowest BCUT2D eigenvalue weighted by atomic mass is 10.1. The van der Waals surface area contributed by atoms with Crippen molar-refractivity contribution in [2.45, 2.75) is 20.4 Å². The molecule has 0 bridgehead atoms. The third-order valence-corrected chi connectivity index (χ3v) is 4.93. The first kappa shape index (κ1) is 19.4. The van der Waals surface area contributed by atoms with Crippen molar-refractivity contribution in [1.29, 1.82) is 0 Å². The van der Waals surface area contributed by atoms with Crippen LogP contribution in [-0.4, -0.2) is 45.0 Å².